The van der Waals surface area contributed by atoms with E-state index in [4.69, 9.17) is 14.5 Å². The third-order valence-corrected chi connectivity index (χ3v) is 5.45. The number of methoxy groups -OCH3 is 1. The smallest absolute Gasteiger partial charge is 0.402 e. The molecule has 6 heteroatoms. The number of aryl methyl sites for hydroxylation is 1. The molecule has 0 unspecified atom stereocenters. The van der Waals surface area contributed by atoms with Gasteiger partial charge in [0.2, 0.25) is 0 Å². The summed E-state index contributed by atoms with van der Waals surface area (Å²) in [7, 11) is 1.51. The zero-order valence-corrected chi connectivity index (χ0v) is 19.0. The van der Waals surface area contributed by atoms with Gasteiger partial charge in [-0.05, 0) is 36.1 Å². The van der Waals surface area contributed by atoms with Gasteiger partial charge in [-0.2, -0.15) is 0 Å². The van der Waals surface area contributed by atoms with E-state index < -0.39 is 0 Å². The number of ether oxygens (including phenoxy) is 2. The molecule has 2 aromatic carbocycles. The third kappa shape index (κ3) is 4.54. The number of hydrogen-bond acceptors (Lipinski definition) is 4. The molecular weight excluding hydrogens is 402 g/mol. The Bertz CT molecular complexity index is 1220. The Morgan fingerprint density at radius 2 is 1.91 bits per heavy atom. The molecule has 2 heterocycles. The van der Waals surface area contributed by atoms with Gasteiger partial charge in [-0.1, -0.05) is 55.8 Å². The van der Waals surface area contributed by atoms with Crippen LogP contribution < -0.4 is 14.2 Å². The van der Waals surface area contributed by atoms with Crippen LogP contribution in [0.4, 0.5) is 0 Å². The van der Waals surface area contributed by atoms with Gasteiger partial charge >= 0.3 is 5.88 Å². The first-order valence-electron chi connectivity index (χ1n) is 10.9. The summed E-state index contributed by atoms with van der Waals surface area (Å²) in [6, 6.07) is 16.2. The number of aromatic nitrogens is 3. The lowest BCUT2D eigenvalue weighted by atomic mass is 10.1. The Balaban J connectivity index is 1.75. The van der Waals surface area contributed by atoms with Crippen molar-refractivity contribution in [2.24, 2.45) is 5.92 Å². The second-order valence-corrected chi connectivity index (χ2v) is 8.53. The van der Waals surface area contributed by atoms with E-state index in [0.717, 1.165) is 26.8 Å². The van der Waals surface area contributed by atoms with E-state index in [1.165, 1.54) is 12.7 Å². The van der Waals surface area contributed by atoms with Crippen molar-refractivity contribution in [1.82, 2.24) is 9.97 Å². The second-order valence-electron chi connectivity index (χ2n) is 8.53. The van der Waals surface area contributed by atoms with E-state index >= 15 is 0 Å². The van der Waals surface area contributed by atoms with Gasteiger partial charge in [0.05, 0.1) is 7.11 Å². The van der Waals surface area contributed by atoms with Crippen molar-refractivity contribution in [2.75, 3.05) is 7.11 Å². The SMILES string of the molecule is COc1c(Cc2c[nH]c3ccc(C)cc23)nc(OCc2ccccc2)c(CC(C)C)[n+]1[O-]. The largest absolute Gasteiger partial charge is 0.616 e. The lowest BCUT2D eigenvalue weighted by Gasteiger charge is -2.16. The summed E-state index contributed by atoms with van der Waals surface area (Å²) in [4.78, 5) is 8.10. The summed E-state index contributed by atoms with van der Waals surface area (Å²) in [6.45, 7) is 6.54. The predicted octanol–water partition coefficient (Wildman–Crippen LogP) is 4.88. The predicted molar refractivity (Wildman–Crippen MR) is 125 cm³/mol. The Hall–Kier alpha value is -3.54. The summed E-state index contributed by atoms with van der Waals surface area (Å²) < 4.78 is 12.4. The fourth-order valence-corrected chi connectivity index (χ4v) is 3.89. The maximum atomic E-state index is 13.3. The lowest BCUT2D eigenvalue weighted by molar-refractivity contribution is -0.622. The van der Waals surface area contributed by atoms with E-state index in [1.54, 1.807) is 0 Å². The highest BCUT2D eigenvalue weighted by Crippen LogP contribution is 2.27. The average Bonchev–Trinajstić information content (AvgIpc) is 3.17. The molecule has 32 heavy (non-hydrogen) atoms. The van der Waals surface area contributed by atoms with E-state index in [-0.39, 0.29) is 11.8 Å². The molecule has 4 rings (SSSR count). The van der Waals surface area contributed by atoms with Crippen LogP contribution in [0.15, 0.2) is 54.7 Å². The van der Waals surface area contributed by atoms with Gasteiger partial charge < -0.3 is 19.7 Å². The minimum Gasteiger partial charge on any atom is -0.616 e. The summed E-state index contributed by atoms with van der Waals surface area (Å²) in [5.41, 5.74) is 5.35. The van der Waals surface area contributed by atoms with Crippen molar-refractivity contribution in [1.29, 1.82) is 0 Å². The second kappa shape index (κ2) is 9.30. The highest BCUT2D eigenvalue weighted by molar-refractivity contribution is 5.84. The molecule has 1 N–H and O–H groups in total. The number of nitrogens with one attached hydrogen (secondary N) is 1. The minimum absolute atomic E-state index is 0.217. The summed E-state index contributed by atoms with van der Waals surface area (Å²) in [5.74, 6) is 0.849. The van der Waals surface area contributed by atoms with Gasteiger partial charge in [-0.25, -0.2) is 4.98 Å². The monoisotopic (exact) mass is 431 g/mol. The highest BCUT2D eigenvalue weighted by atomic mass is 16.5. The Labute approximate surface area is 188 Å². The normalized spacial score (nSPS) is 11.3. The molecule has 0 aliphatic heterocycles. The van der Waals surface area contributed by atoms with Gasteiger partial charge in [-0.3, -0.25) is 0 Å². The molecule has 0 spiro atoms. The van der Waals surface area contributed by atoms with Crippen LogP contribution in [0.1, 0.15) is 41.9 Å². The Kier molecular flexibility index (Phi) is 6.30. The van der Waals surface area contributed by atoms with Crippen LogP contribution in [0.25, 0.3) is 10.9 Å². The molecule has 0 bridgehead atoms. The molecule has 6 nitrogen and oxygen atoms in total. The standard InChI is InChI=1S/C26H29N3O3/c1-17(2)12-24-25(32-16-19-8-6-5-7-9-19)28-23(26(31-4)29(24)30)14-20-15-27-22-11-10-18(3)13-21(20)22/h5-11,13,15,17,27H,12,14,16H2,1-4H3. The van der Waals surface area contributed by atoms with E-state index in [2.05, 4.69) is 44.0 Å². The van der Waals surface area contributed by atoms with Crippen LogP contribution in [0.2, 0.25) is 0 Å². The molecule has 0 amide bonds. The molecule has 0 aliphatic rings. The number of nitrogens with zero attached hydrogens (tertiary/aromatic N) is 2. The van der Waals surface area contributed by atoms with Crippen LogP contribution in [-0.2, 0) is 19.4 Å². The van der Waals surface area contributed by atoms with Crippen molar-refractivity contribution in [3.63, 3.8) is 0 Å². The number of aromatic amines is 1. The molecule has 0 atom stereocenters. The topological polar surface area (TPSA) is 74.1 Å². The quantitative estimate of drug-likeness (QED) is 0.319. The van der Waals surface area contributed by atoms with Gasteiger partial charge in [0.1, 0.15) is 6.61 Å². The molecule has 0 saturated carbocycles. The zero-order chi connectivity index (χ0) is 22.7. The maximum absolute atomic E-state index is 13.3. The number of hydrogen-bond donors (Lipinski definition) is 1. The van der Waals surface area contributed by atoms with Crippen LogP contribution in [0.3, 0.4) is 0 Å². The Morgan fingerprint density at radius 3 is 2.62 bits per heavy atom. The minimum atomic E-state index is 0.217. The highest BCUT2D eigenvalue weighted by Gasteiger charge is 2.27. The van der Waals surface area contributed by atoms with Crippen LogP contribution in [0, 0.1) is 18.0 Å². The van der Waals surface area contributed by atoms with Crippen molar-refractivity contribution < 1.29 is 14.2 Å². The number of H-pyrrole nitrogens is 1. The first-order valence-corrected chi connectivity index (χ1v) is 10.9. The molecule has 0 fully saturated rings. The molecule has 2 aromatic heterocycles. The van der Waals surface area contributed by atoms with E-state index in [1.807, 2.05) is 36.5 Å². The Morgan fingerprint density at radius 1 is 1.12 bits per heavy atom. The fourth-order valence-electron chi connectivity index (χ4n) is 3.89. The first-order chi connectivity index (χ1) is 15.5. The molecule has 0 saturated heterocycles. The van der Waals surface area contributed by atoms with E-state index in [9.17, 15) is 5.21 Å². The lowest BCUT2D eigenvalue weighted by Crippen LogP contribution is -2.37. The first kappa shape index (κ1) is 21.7. The molecule has 166 valence electrons. The summed E-state index contributed by atoms with van der Waals surface area (Å²) in [6.07, 6.45) is 2.97. The van der Waals surface area contributed by atoms with Crippen LogP contribution in [-0.4, -0.2) is 17.1 Å². The van der Waals surface area contributed by atoms with Gasteiger partial charge in [0, 0.05) is 29.9 Å². The van der Waals surface area contributed by atoms with Gasteiger partial charge in [-0.15, -0.1) is 4.73 Å². The molecular formula is C26H29N3O3. The van der Waals surface area contributed by atoms with Crippen molar-refractivity contribution in [3.8, 4) is 11.8 Å². The maximum Gasteiger partial charge on any atom is 0.402 e. The number of benzene rings is 2. The third-order valence-electron chi connectivity index (χ3n) is 5.45. The number of rotatable bonds is 8. The molecule has 4 aromatic rings. The van der Waals surface area contributed by atoms with Crippen LogP contribution in [0.5, 0.6) is 11.8 Å². The zero-order valence-electron chi connectivity index (χ0n) is 19.0. The van der Waals surface area contributed by atoms with Crippen molar-refractivity contribution in [3.05, 3.63) is 88.0 Å². The van der Waals surface area contributed by atoms with Gasteiger partial charge in [0.25, 0.3) is 11.6 Å². The van der Waals surface area contributed by atoms with Gasteiger partial charge in [0.15, 0.2) is 5.69 Å². The van der Waals surface area contributed by atoms with Crippen molar-refractivity contribution >= 4 is 10.9 Å². The molecule has 0 radical (unpaired) electrons. The van der Waals surface area contributed by atoms with E-state index in [0.29, 0.717) is 36.7 Å². The number of fused-ring (bicyclic) bond motifs is 1. The molecule has 0 aliphatic carbocycles. The van der Waals surface area contributed by atoms with Crippen molar-refractivity contribution in [2.45, 2.75) is 40.2 Å². The average molecular weight is 432 g/mol. The fraction of sp³-hybridized carbons (Fsp3) is 0.308. The summed E-state index contributed by atoms with van der Waals surface area (Å²) >= 11 is 0. The van der Waals surface area contributed by atoms with Crippen LogP contribution >= 0.6 is 0 Å². The summed E-state index contributed by atoms with van der Waals surface area (Å²) in [5, 5.41) is 14.4.